The molecular formula is C19H23N7O2S. The van der Waals surface area contributed by atoms with E-state index in [0.29, 0.717) is 16.6 Å². The molecule has 0 spiro atoms. The lowest BCUT2D eigenvalue weighted by Crippen LogP contribution is -2.31. The number of nitrogens with one attached hydrogen (secondary N) is 1. The summed E-state index contributed by atoms with van der Waals surface area (Å²) in [6.07, 6.45) is 6.76. The number of hydrogen-bond donors (Lipinski definition) is 2. The van der Waals surface area contributed by atoms with Crippen LogP contribution in [0.15, 0.2) is 22.1 Å². The fraction of sp³-hybridized carbons (Fsp3) is 0.474. The molecule has 0 amide bonds. The molecule has 0 bridgehead atoms. The van der Waals surface area contributed by atoms with Crippen molar-refractivity contribution < 1.29 is 5.11 Å². The third kappa shape index (κ3) is 3.77. The summed E-state index contributed by atoms with van der Waals surface area (Å²) < 4.78 is 1.75. The minimum absolute atomic E-state index is 0.131. The first kappa shape index (κ1) is 18.3. The maximum absolute atomic E-state index is 11.5. The second kappa shape index (κ2) is 7.27. The number of anilines is 1. The SMILES string of the molecule is CN1CCCN(c2cc(=NC3CC3)n3nc/c(=C\c4sc(=O)[nH]c4O)c3n2)CC1. The molecule has 2 N–H and O–H groups in total. The van der Waals surface area contributed by atoms with Crippen LogP contribution in [0.5, 0.6) is 5.88 Å². The molecule has 0 radical (unpaired) electrons. The van der Waals surface area contributed by atoms with E-state index in [4.69, 9.17) is 9.98 Å². The maximum atomic E-state index is 11.5. The molecule has 2 fully saturated rings. The molecule has 2 aliphatic rings. The quantitative estimate of drug-likeness (QED) is 0.624. The number of thiazole rings is 1. The minimum atomic E-state index is -0.294. The second-order valence-corrected chi connectivity index (χ2v) is 8.70. The third-order valence-corrected chi connectivity index (χ3v) is 6.13. The first-order valence-corrected chi connectivity index (χ1v) is 10.7. The number of nitrogens with zero attached hydrogens (tertiary/aromatic N) is 6. The van der Waals surface area contributed by atoms with Crippen LogP contribution in [0.4, 0.5) is 5.82 Å². The predicted octanol–water partition coefficient (Wildman–Crippen LogP) is -0.0626. The Morgan fingerprint density at radius 1 is 1.31 bits per heavy atom. The highest BCUT2D eigenvalue weighted by Gasteiger charge is 2.21. The van der Waals surface area contributed by atoms with Crippen LogP contribution < -0.4 is 20.5 Å². The molecule has 3 aromatic heterocycles. The maximum Gasteiger partial charge on any atom is 0.307 e. The Labute approximate surface area is 170 Å². The molecule has 0 aromatic carbocycles. The Bertz CT molecular complexity index is 1220. The van der Waals surface area contributed by atoms with Gasteiger partial charge in [0, 0.05) is 30.9 Å². The van der Waals surface area contributed by atoms with Crippen molar-refractivity contribution in [3.63, 3.8) is 0 Å². The number of hydrogen-bond acceptors (Lipinski definition) is 8. The Morgan fingerprint density at radius 2 is 2.17 bits per heavy atom. The largest absolute Gasteiger partial charge is 0.493 e. The van der Waals surface area contributed by atoms with Gasteiger partial charge in [-0.3, -0.25) is 14.8 Å². The van der Waals surface area contributed by atoms with Crippen LogP contribution in [0.1, 0.15) is 24.1 Å². The molecule has 1 aliphatic heterocycles. The molecule has 10 heteroatoms. The van der Waals surface area contributed by atoms with Crippen LogP contribution >= 0.6 is 11.3 Å². The smallest absolute Gasteiger partial charge is 0.307 e. The highest BCUT2D eigenvalue weighted by Crippen LogP contribution is 2.23. The van der Waals surface area contributed by atoms with Gasteiger partial charge in [-0.25, -0.2) is 4.98 Å². The molecule has 1 saturated carbocycles. The zero-order chi connectivity index (χ0) is 20.0. The highest BCUT2D eigenvalue weighted by molar-refractivity contribution is 7.10. The summed E-state index contributed by atoms with van der Waals surface area (Å²) in [5.41, 5.74) is 1.48. The van der Waals surface area contributed by atoms with Gasteiger partial charge in [0.25, 0.3) is 0 Å². The Hall–Kier alpha value is -2.72. The molecule has 3 aromatic rings. The standard InChI is InChI=1S/C19H23N7O2S/c1-24-5-2-6-25(8-7-24)15-10-16(21-13-3-4-13)26-17(22-15)12(11-20-26)9-14-18(27)23-19(28)29-14/h9-11,13,27H,2-8H2,1H3,(H,23,28)/b12-9+,21-16?. The number of H-pyrrole nitrogens is 1. The molecule has 152 valence electrons. The highest BCUT2D eigenvalue weighted by atomic mass is 32.1. The van der Waals surface area contributed by atoms with Crippen molar-refractivity contribution in [3.8, 4) is 5.88 Å². The van der Waals surface area contributed by atoms with E-state index in [1.165, 1.54) is 0 Å². The molecule has 29 heavy (non-hydrogen) atoms. The lowest BCUT2D eigenvalue weighted by atomic mass is 10.3. The molecule has 9 nitrogen and oxygen atoms in total. The summed E-state index contributed by atoms with van der Waals surface area (Å²) in [7, 11) is 2.15. The Morgan fingerprint density at radius 3 is 2.93 bits per heavy atom. The van der Waals surface area contributed by atoms with Gasteiger partial charge < -0.3 is 14.9 Å². The molecule has 5 rings (SSSR count). The summed E-state index contributed by atoms with van der Waals surface area (Å²) in [4.78, 5) is 28.5. The summed E-state index contributed by atoms with van der Waals surface area (Å²) >= 11 is 0.960. The Balaban J connectivity index is 1.67. The van der Waals surface area contributed by atoms with E-state index in [-0.39, 0.29) is 10.8 Å². The van der Waals surface area contributed by atoms with Gasteiger partial charge >= 0.3 is 4.87 Å². The van der Waals surface area contributed by atoms with Crippen molar-refractivity contribution in [1.29, 1.82) is 0 Å². The zero-order valence-corrected chi connectivity index (χ0v) is 17.0. The average molecular weight is 414 g/mol. The number of fused-ring (bicyclic) bond motifs is 1. The van der Waals surface area contributed by atoms with E-state index in [1.807, 2.05) is 6.07 Å². The van der Waals surface area contributed by atoms with Crippen molar-refractivity contribution in [2.75, 3.05) is 38.1 Å². The normalized spacial score (nSPS) is 20.0. The van der Waals surface area contributed by atoms with Crippen LogP contribution in [0.25, 0.3) is 11.7 Å². The molecule has 1 aliphatic carbocycles. The zero-order valence-electron chi connectivity index (χ0n) is 16.2. The summed E-state index contributed by atoms with van der Waals surface area (Å²) in [5, 5.41) is 15.2. The number of aromatic amines is 1. The fourth-order valence-electron chi connectivity index (χ4n) is 3.54. The van der Waals surface area contributed by atoms with Crippen LogP contribution in [0, 0.1) is 0 Å². The van der Waals surface area contributed by atoms with E-state index >= 15 is 0 Å². The van der Waals surface area contributed by atoms with Gasteiger partial charge in [-0.2, -0.15) is 9.61 Å². The van der Waals surface area contributed by atoms with Gasteiger partial charge in [-0.15, -0.1) is 0 Å². The van der Waals surface area contributed by atoms with Gasteiger partial charge in [0.1, 0.15) is 5.82 Å². The predicted molar refractivity (Wildman–Crippen MR) is 111 cm³/mol. The third-order valence-electron chi connectivity index (χ3n) is 5.32. The van der Waals surface area contributed by atoms with E-state index in [1.54, 1.807) is 16.8 Å². The molecule has 1 saturated heterocycles. The first-order chi connectivity index (χ1) is 14.1. The van der Waals surface area contributed by atoms with Crippen molar-refractivity contribution >= 4 is 28.9 Å². The average Bonchev–Trinajstić information content (AvgIpc) is 3.38. The topological polar surface area (TPSA) is 102 Å². The number of aromatic hydroxyl groups is 1. The van der Waals surface area contributed by atoms with Gasteiger partial charge in [0.15, 0.2) is 11.1 Å². The number of likely N-dealkylation sites (N-methyl/N-ethyl adjacent to an activating group) is 1. The van der Waals surface area contributed by atoms with Crippen LogP contribution in [-0.4, -0.2) is 68.9 Å². The van der Waals surface area contributed by atoms with Crippen molar-refractivity contribution in [2.45, 2.75) is 25.3 Å². The van der Waals surface area contributed by atoms with E-state index < -0.39 is 0 Å². The van der Waals surface area contributed by atoms with Crippen LogP contribution in [-0.2, 0) is 0 Å². The molecule has 0 atom stereocenters. The van der Waals surface area contributed by atoms with E-state index in [9.17, 15) is 9.90 Å². The molecule has 0 unspecified atom stereocenters. The van der Waals surface area contributed by atoms with E-state index in [2.05, 4.69) is 26.9 Å². The van der Waals surface area contributed by atoms with Gasteiger partial charge in [-0.05, 0) is 38.9 Å². The number of rotatable bonds is 3. The van der Waals surface area contributed by atoms with Crippen LogP contribution in [0.2, 0.25) is 0 Å². The second-order valence-electron chi connectivity index (χ2n) is 7.68. The monoisotopic (exact) mass is 413 g/mol. The van der Waals surface area contributed by atoms with Gasteiger partial charge in [0.2, 0.25) is 5.88 Å². The lowest BCUT2D eigenvalue weighted by molar-refractivity contribution is 0.360. The van der Waals surface area contributed by atoms with Gasteiger partial charge in [0.05, 0.1) is 17.1 Å². The Kier molecular flexibility index (Phi) is 4.59. The van der Waals surface area contributed by atoms with Crippen molar-refractivity contribution in [3.05, 3.63) is 37.5 Å². The minimum Gasteiger partial charge on any atom is -0.493 e. The van der Waals surface area contributed by atoms with Crippen LogP contribution in [0.3, 0.4) is 0 Å². The van der Waals surface area contributed by atoms with Crippen molar-refractivity contribution in [2.24, 2.45) is 4.99 Å². The molecule has 4 heterocycles. The van der Waals surface area contributed by atoms with Crippen molar-refractivity contribution in [1.82, 2.24) is 24.5 Å². The summed E-state index contributed by atoms with van der Waals surface area (Å²) in [5.74, 6) is 0.766. The summed E-state index contributed by atoms with van der Waals surface area (Å²) in [6.45, 7) is 3.93. The number of aromatic nitrogens is 4. The van der Waals surface area contributed by atoms with E-state index in [0.717, 1.165) is 73.3 Å². The lowest BCUT2D eigenvalue weighted by Gasteiger charge is -2.21. The molecular weight excluding hydrogens is 390 g/mol. The summed E-state index contributed by atoms with van der Waals surface area (Å²) in [6, 6.07) is 2.39. The fourth-order valence-corrected chi connectivity index (χ4v) is 4.23. The van der Waals surface area contributed by atoms with Gasteiger partial charge in [-0.1, -0.05) is 11.3 Å². The first-order valence-electron chi connectivity index (χ1n) is 9.87.